The smallest absolute Gasteiger partial charge is 0.337 e. The average molecular weight is 264 g/mol. The highest BCUT2D eigenvalue weighted by molar-refractivity contribution is 5.95. The van der Waals surface area contributed by atoms with Gasteiger partial charge in [0.15, 0.2) is 0 Å². The van der Waals surface area contributed by atoms with E-state index in [4.69, 9.17) is 0 Å². The van der Waals surface area contributed by atoms with Crippen LogP contribution in [0, 0.1) is 6.92 Å². The second-order valence-corrected chi connectivity index (χ2v) is 4.66. The van der Waals surface area contributed by atoms with Crippen molar-refractivity contribution >= 4 is 11.7 Å². The third kappa shape index (κ3) is 4.56. The first-order valence-corrected chi connectivity index (χ1v) is 6.89. The Bertz CT molecular complexity index is 419. The van der Waals surface area contributed by atoms with Gasteiger partial charge in [-0.05, 0) is 38.1 Å². The van der Waals surface area contributed by atoms with Crippen LogP contribution in [0.1, 0.15) is 36.2 Å². The maximum Gasteiger partial charge on any atom is 0.337 e. The van der Waals surface area contributed by atoms with Crippen molar-refractivity contribution in [2.45, 2.75) is 27.2 Å². The zero-order chi connectivity index (χ0) is 14.3. The van der Waals surface area contributed by atoms with Crippen LogP contribution in [-0.4, -0.2) is 42.2 Å². The fourth-order valence-electron chi connectivity index (χ4n) is 2.16. The molecule has 0 aliphatic carbocycles. The minimum atomic E-state index is -0.882. The van der Waals surface area contributed by atoms with Crippen LogP contribution in [0.5, 0.6) is 0 Å². The highest BCUT2D eigenvalue weighted by atomic mass is 16.4. The molecule has 106 valence electrons. The first-order chi connectivity index (χ1) is 9.10. The third-order valence-corrected chi connectivity index (χ3v) is 3.22. The van der Waals surface area contributed by atoms with Crippen LogP contribution in [-0.2, 0) is 0 Å². The number of benzene rings is 1. The van der Waals surface area contributed by atoms with Gasteiger partial charge in [-0.3, -0.25) is 0 Å². The zero-order valence-electron chi connectivity index (χ0n) is 12.1. The summed E-state index contributed by atoms with van der Waals surface area (Å²) in [6.45, 7) is 10.0. The molecular weight excluding hydrogens is 240 g/mol. The van der Waals surface area contributed by atoms with Crippen LogP contribution in [0.2, 0.25) is 0 Å². The van der Waals surface area contributed by atoms with E-state index in [1.807, 2.05) is 13.0 Å². The van der Waals surface area contributed by atoms with E-state index in [0.29, 0.717) is 5.56 Å². The lowest BCUT2D eigenvalue weighted by atomic mass is 10.1. The number of aromatic carboxylic acids is 1. The van der Waals surface area contributed by atoms with Gasteiger partial charge < -0.3 is 15.3 Å². The van der Waals surface area contributed by atoms with E-state index < -0.39 is 5.97 Å². The molecule has 0 aliphatic heterocycles. The van der Waals surface area contributed by atoms with Crippen molar-refractivity contribution in [1.82, 2.24) is 4.90 Å². The maximum absolute atomic E-state index is 11.2. The lowest BCUT2D eigenvalue weighted by Crippen LogP contribution is -2.30. The van der Waals surface area contributed by atoms with Crippen LogP contribution < -0.4 is 5.32 Å². The molecule has 19 heavy (non-hydrogen) atoms. The number of nitrogens with one attached hydrogen (secondary N) is 1. The number of aryl methyl sites for hydroxylation is 1. The molecule has 0 radical (unpaired) electrons. The van der Waals surface area contributed by atoms with Gasteiger partial charge in [-0.1, -0.05) is 26.0 Å². The minimum absolute atomic E-state index is 0.346. The Labute approximate surface area is 115 Å². The van der Waals surface area contributed by atoms with Gasteiger partial charge in [0.25, 0.3) is 0 Å². The summed E-state index contributed by atoms with van der Waals surface area (Å²) >= 11 is 0. The number of carboxylic acids is 1. The second kappa shape index (κ2) is 7.79. The molecule has 0 saturated carbocycles. The molecule has 0 spiro atoms. The lowest BCUT2D eigenvalue weighted by molar-refractivity contribution is 0.0698. The Hall–Kier alpha value is -1.55. The predicted octanol–water partition coefficient (Wildman–Crippen LogP) is 2.84. The van der Waals surface area contributed by atoms with Crippen LogP contribution in [0.15, 0.2) is 18.2 Å². The Morgan fingerprint density at radius 2 is 2.05 bits per heavy atom. The summed E-state index contributed by atoms with van der Waals surface area (Å²) in [5.74, 6) is -0.882. The molecule has 4 heteroatoms. The Kier molecular flexibility index (Phi) is 6.36. The van der Waals surface area contributed by atoms with Crippen molar-refractivity contribution in [2.75, 3.05) is 31.5 Å². The van der Waals surface area contributed by atoms with Crippen molar-refractivity contribution in [3.05, 3.63) is 29.3 Å². The molecule has 0 saturated heterocycles. The normalized spacial score (nSPS) is 10.7. The molecule has 0 aliphatic rings. The van der Waals surface area contributed by atoms with Crippen LogP contribution in [0.25, 0.3) is 0 Å². The van der Waals surface area contributed by atoms with Gasteiger partial charge in [0.05, 0.1) is 11.3 Å². The number of hydrogen-bond acceptors (Lipinski definition) is 3. The molecule has 0 heterocycles. The largest absolute Gasteiger partial charge is 0.478 e. The molecule has 1 aromatic rings. The fourth-order valence-corrected chi connectivity index (χ4v) is 2.16. The van der Waals surface area contributed by atoms with Gasteiger partial charge in [0.2, 0.25) is 0 Å². The van der Waals surface area contributed by atoms with Gasteiger partial charge in [0.1, 0.15) is 0 Å². The molecule has 0 aromatic heterocycles. The standard InChI is InChI=1S/C15H24N2O2/c1-4-10-17(5-2)11-9-16-14-12(3)7-6-8-13(14)15(18)19/h6-8,16H,4-5,9-11H2,1-3H3,(H,18,19). The molecule has 0 fully saturated rings. The molecule has 0 bridgehead atoms. The monoisotopic (exact) mass is 264 g/mol. The van der Waals surface area contributed by atoms with Gasteiger partial charge in [-0.25, -0.2) is 4.79 Å². The highest BCUT2D eigenvalue weighted by Gasteiger charge is 2.11. The minimum Gasteiger partial charge on any atom is -0.478 e. The van der Waals surface area contributed by atoms with Crippen molar-refractivity contribution < 1.29 is 9.90 Å². The maximum atomic E-state index is 11.2. The summed E-state index contributed by atoms with van der Waals surface area (Å²) in [6, 6.07) is 5.35. The topological polar surface area (TPSA) is 52.6 Å². The zero-order valence-corrected chi connectivity index (χ0v) is 12.1. The molecule has 1 rings (SSSR count). The number of carboxylic acid groups (broad SMARTS) is 1. The van der Waals surface area contributed by atoms with Crippen molar-refractivity contribution in [3.63, 3.8) is 0 Å². The summed E-state index contributed by atoms with van der Waals surface area (Å²) in [6.07, 6.45) is 1.14. The predicted molar refractivity (Wildman–Crippen MR) is 79.0 cm³/mol. The fraction of sp³-hybridized carbons (Fsp3) is 0.533. The number of nitrogens with zero attached hydrogens (tertiary/aromatic N) is 1. The van der Waals surface area contributed by atoms with Crippen LogP contribution >= 0.6 is 0 Å². The second-order valence-electron chi connectivity index (χ2n) is 4.66. The first kappa shape index (κ1) is 15.5. The van der Waals surface area contributed by atoms with Gasteiger partial charge in [0, 0.05) is 13.1 Å². The molecule has 0 atom stereocenters. The van der Waals surface area contributed by atoms with Crippen molar-refractivity contribution in [1.29, 1.82) is 0 Å². The number of para-hydroxylation sites is 1. The lowest BCUT2D eigenvalue weighted by Gasteiger charge is -2.20. The number of rotatable bonds is 8. The van der Waals surface area contributed by atoms with E-state index in [9.17, 15) is 9.90 Å². The molecule has 2 N–H and O–H groups in total. The summed E-state index contributed by atoms with van der Waals surface area (Å²) in [5.41, 5.74) is 2.06. The summed E-state index contributed by atoms with van der Waals surface area (Å²) in [4.78, 5) is 13.5. The number of carbonyl (C=O) groups is 1. The van der Waals surface area contributed by atoms with E-state index in [1.165, 1.54) is 0 Å². The Morgan fingerprint density at radius 3 is 2.63 bits per heavy atom. The third-order valence-electron chi connectivity index (χ3n) is 3.22. The Balaban J connectivity index is 2.64. The quantitative estimate of drug-likeness (QED) is 0.758. The molecular formula is C15H24N2O2. The van der Waals surface area contributed by atoms with E-state index in [0.717, 1.165) is 43.9 Å². The summed E-state index contributed by atoms with van der Waals surface area (Å²) in [7, 11) is 0. The van der Waals surface area contributed by atoms with Crippen LogP contribution in [0.3, 0.4) is 0 Å². The number of anilines is 1. The van der Waals surface area contributed by atoms with Gasteiger partial charge in [-0.15, -0.1) is 0 Å². The van der Waals surface area contributed by atoms with Crippen molar-refractivity contribution in [3.8, 4) is 0 Å². The molecule has 0 amide bonds. The number of likely N-dealkylation sites (N-methyl/N-ethyl adjacent to an activating group) is 1. The van der Waals surface area contributed by atoms with Gasteiger partial charge >= 0.3 is 5.97 Å². The molecule has 1 aromatic carbocycles. The van der Waals surface area contributed by atoms with E-state index in [1.54, 1.807) is 12.1 Å². The summed E-state index contributed by atoms with van der Waals surface area (Å²) < 4.78 is 0. The van der Waals surface area contributed by atoms with E-state index in [-0.39, 0.29) is 0 Å². The molecule has 4 nitrogen and oxygen atoms in total. The molecule has 0 unspecified atom stereocenters. The summed E-state index contributed by atoms with van der Waals surface area (Å²) in [5, 5.41) is 12.4. The average Bonchev–Trinajstić information content (AvgIpc) is 2.39. The van der Waals surface area contributed by atoms with Gasteiger partial charge in [-0.2, -0.15) is 0 Å². The van der Waals surface area contributed by atoms with Crippen molar-refractivity contribution in [2.24, 2.45) is 0 Å². The number of hydrogen-bond donors (Lipinski definition) is 2. The first-order valence-electron chi connectivity index (χ1n) is 6.89. The highest BCUT2D eigenvalue weighted by Crippen LogP contribution is 2.20. The van der Waals surface area contributed by atoms with Crippen LogP contribution in [0.4, 0.5) is 5.69 Å². The SMILES string of the molecule is CCCN(CC)CCNc1c(C)cccc1C(=O)O. The van der Waals surface area contributed by atoms with E-state index >= 15 is 0 Å². The Morgan fingerprint density at radius 1 is 1.32 bits per heavy atom. The van der Waals surface area contributed by atoms with E-state index in [2.05, 4.69) is 24.1 Å².